The van der Waals surface area contributed by atoms with Crippen LogP contribution in [0.3, 0.4) is 0 Å². The number of piperazine rings is 1. The Labute approximate surface area is 165 Å². The van der Waals surface area contributed by atoms with Gasteiger partial charge < -0.3 is 15.3 Å². The Morgan fingerprint density at radius 1 is 1.21 bits per heavy atom. The average molecular weight is 407 g/mol. The number of aryl methyl sites for hydroxylation is 1. The number of carboxylic acid groups (broad SMARTS) is 1. The van der Waals surface area contributed by atoms with Crippen LogP contribution in [0.1, 0.15) is 28.7 Å². The van der Waals surface area contributed by atoms with Crippen LogP contribution in [0.15, 0.2) is 24.3 Å². The number of halogens is 3. The van der Waals surface area contributed by atoms with Gasteiger partial charge in [0, 0.05) is 43.6 Å². The van der Waals surface area contributed by atoms with E-state index >= 15 is 0 Å². The van der Waals surface area contributed by atoms with Crippen molar-refractivity contribution in [1.29, 1.82) is 0 Å². The molecule has 10 heteroatoms. The highest BCUT2D eigenvalue weighted by atomic mass is 19.4. The van der Waals surface area contributed by atoms with Gasteiger partial charge in [-0.1, -0.05) is 6.07 Å². The van der Waals surface area contributed by atoms with E-state index < -0.39 is 18.1 Å². The Bertz CT molecular complexity index is 950. The first-order valence-electron chi connectivity index (χ1n) is 9.25. The van der Waals surface area contributed by atoms with Gasteiger partial charge in [0.2, 0.25) is 5.82 Å². The molecule has 154 valence electrons. The molecular formula is C19H20F3N5O2. The van der Waals surface area contributed by atoms with Crippen LogP contribution in [0.25, 0.3) is 0 Å². The predicted octanol–water partition coefficient (Wildman–Crippen LogP) is 3.44. The molecule has 0 bridgehead atoms. The van der Waals surface area contributed by atoms with Gasteiger partial charge in [-0.3, -0.25) is 4.90 Å². The summed E-state index contributed by atoms with van der Waals surface area (Å²) in [6.07, 6.45) is -4.74. The molecule has 2 N–H and O–H groups in total. The van der Waals surface area contributed by atoms with E-state index in [4.69, 9.17) is 0 Å². The fraction of sp³-hybridized carbons (Fsp3) is 0.421. The third kappa shape index (κ3) is 3.98. The molecular weight excluding hydrogens is 387 g/mol. The second kappa shape index (κ2) is 7.18. The number of hydrogen-bond acceptors (Lipinski definition) is 5. The number of carbonyl (C=O) groups is 1. The maximum Gasteiger partial charge on any atom is 0.451 e. The Balaban J connectivity index is 1.58. The molecule has 0 saturated carbocycles. The molecule has 1 saturated heterocycles. The van der Waals surface area contributed by atoms with E-state index in [1.807, 2.05) is 12.1 Å². The van der Waals surface area contributed by atoms with Gasteiger partial charge >= 0.3 is 12.3 Å². The lowest BCUT2D eigenvalue weighted by molar-refractivity contribution is -0.145. The van der Waals surface area contributed by atoms with Gasteiger partial charge in [-0.2, -0.15) is 13.2 Å². The molecule has 1 fully saturated rings. The lowest BCUT2D eigenvalue weighted by atomic mass is 9.90. The zero-order chi connectivity index (χ0) is 20.8. The summed E-state index contributed by atoms with van der Waals surface area (Å²) in [5.41, 5.74) is 2.97. The fourth-order valence-electron chi connectivity index (χ4n) is 3.95. The van der Waals surface area contributed by atoms with Crippen LogP contribution < -0.4 is 5.32 Å². The molecule has 1 atom stereocenters. The summed E-state index contributed by atoms with van der Waals surface area (Å²) in [5, 5.41) is 12.2. The molecule has 1 aromatic carbocycles. The van der Waals surface area contributed by atoms with Crippen molar-refractivity contribution in [3.8, 4) is 0 Å². The van der Waals surface area contributed by atoms with Gasteiger partial charge in [-0.25, -0.2) is 14.8 Å². The summed E-state index contributed by atoms with van der Waals surface area (Å²) >= 11 is 0. The third-order valence-corrected chi connectivity index (χ3v) is 5.31. The summed E-state index contributed by atoms with van der Waals surface area (Å²) in [5.74, 6) is -1.10. The van der Waals surface area contributed by atoms with Gasteiger partial charge in [-0.15, -0.1) is 0 Å². The summed E-state index contributed by atoms with van der Waals surface area (Å²) < 4.78 is 38.9. The first kappa shape index (κ1) is 19.4. The van der Waals surface area contributed by atoms with Crippen molar-refractivity contribution >= 4 is 17.6 Å². The van der Waals surface area contributed by atoms with Crippen molar-refractivity contribution in [2.45, 2.75) is 25.6 Å². The highest BCUT2D eigenvalue weighted by Gasteiger charge is 2.36. The van der Waals surface area contributed by atoms with Crippen molar-refractivity contribution in [2.24, 2.45) is 0 Å². The minimum atomic E-state index is -4.61. The van der Waals surface area contributed by atoms with E-state index in [1.165, 1.54) is 17.9 Å². The van der Waals surface area contributed by atoms with Crippen molar-refractivity contribution in [3.63, 3.8) is 0 Å². The average Bonchev–Trinajstić information content (AvgIpc) is 2.66. The number of rotatable bonds is 2. The summed E-state index contributed by atoms with van der Waals surface area (Å²) in [7, 11) is 0. The van der Waals surface area contributed by atoms with Gasteiger partial charge in [0.1, 0.15) is 5.82 Å². The maximum absolute atomic E-state index is 13.0. The fourth-order valence-corrected chi connectivity index (χ4v) is 3.95. The second-order valence-corrected chi connectivity index (χ2v) is 7.28. The highest BCUT2D eigenvalue weighted by molar-refractivity contribution is 5.65. The Hall–Kier alpha value is -2.88. The molecule has 7 nitrogen and oxygen atoms in total. The predicted molar refractivity (Wildman–Crippen MR) is 99.1 cm³/mol. The summed E-state index contributed by atoms with van der Waals surface area (Å²) in [6, 6.07) is 7.06. The van der Waals surface area contributed by atoms with Crippen LogP contribution in [-0.2, 0) is 12.6 Å². The molecule has 0 radical (unpaired) electrons. The lowest BCUT2D eigenvalue weighted by Crippen LogP contribution is -2.52. The standard InChI is InChI=1S/C19H20F3N5O2/c1-11-8-16(25-17(23-11)19(20,21)22)24-13-2-3-14-12(9-13)4-5-26-6-7-27(18(28)29)10-15(14)26/h2-3,8-9,15H,4-7,10H2,1H3,(H,28,29)(H,23,24,25)/t15-/m0/s1. The molecule has 1 amide bonds. The highest BCUT2D eigenvalue weighted by Crippen LogP contribution is 2.35. The Kier molecular flexibility index (Phi) is 4.81. The maximum atomic E-state index is 13.0. The molecule has 2 aliphatic rings. The summed E-state index contributed by atoms with van der Waals surface area (Å²) in [6.45, 7) is 3.90. The van der Waals surface area contributed by atoms with Crippen LogP contribution in [0.5, 0.6) is 0 Å². The van der Waals surface area contributed by atoms with Crippen LogP contribution in [0, 0.1) is 6.92 Å². The van der Waals surface area contributed by atoms with E-state index in [0.29, 0.717) is 25.3 Å². The number of hydrogen-bond donors (Lipinski definition) is 2. The second-order valence-electron chi connectivity index (χ2n) is 7.28. The molecule has 2 aliphatic heterocycles. The Morgan fingerprint density at radius 3 is 2.72 bits per heavy atom. The number of fused-ring (bicyclic) bond motifs is 3. The molecule has 29 heavy (non-hydrogen) atoms. The monoisotopic (exact) mass is 407 g/mol. The Morgan fingerprint density at radius 2 is 2.00 bits per heavy atom. The molecule has 4 rings (SSSR count). The number of nitrogens with zero attached hydrogens (tertiary/aromatic N) is 4. The van der Waals surface area contributed by atoms with E-state index in [0.717, 1.165) is 24.1 Å². The molecule has 0 unspecified atom stereocenters. The topological polar surface area (TPSA) is 81.6 Å². The minimum absolute atomic E-state index is 0.00391. The van der Waals surface area contributed by atoms with Crippen LogP contribution in [0.4, 0.5) is 29.5 Å². The SMILES string of the molecule is Cc1cc(Nc2ccc3c(c2)CCN2CCN(C(=O)O)C[C@@H]32)nc(C(F)(F)F)n1. The van der Waals surface area contributed by atoms with Crippen molar-refractivity contribution < 1.29 is 23.1 Å². The quantitative estimate of drug-likeness (QED) is 0.794. The molecule has 2 aromatic rings. The van der Waals surface area contributed by atoms with E-state index in [-0.39, 0.29) is 17.6 Å². The van der Waals surface area contributed by atoms with Crippen molar-refractivity contribution in [1.82, 2.24) is 19.8 Å². The van der Waals surface area contributed by atoms with Gasteiger partial charge in [0.05, 0.1) is 6.04 Å². The van der Waals surface area contributed by atoms with Crippen LogP contribution in [0.2, 0.25) is 0 Å². The van der Waals surface area contributed by atoms with Gasteiger partial charge in [0.15, 0.2) is 0 Å². The van der Waals surface area contributed by atoms with E-state index in [2.05, 4.69) is 20.2 Å². The van der Waals surface area contributed by atoms with Crippen molar-refractivity contribution in [2.75, 3.05) is 31.5 Å². The number of nitrogens with one attached hydrogen (secondary N) is 1. The number of alkyl halides is 3. The zero-order valence-corrected chi connectivity index (χ0v) is 15.7. The summed E-state index contributed by atoms with van der Waals surface area (Å²) in [4.78, 5) is 22.1. The lowest BCUT2D eigenvalue weighted by Gasteiger charge is -2.44. The first-order valence-corrected chi connectivity index (χ1v) is 9.25. The van der Waals surface area contributed by atoms with Gasteiger partial charge in [0.25, 0.3) is 0 Å². The van der Waals surface area contributed by atoms with E-state index in [1.54, 1.807) is 6.07 Å². The molecule has 0 spiro atoms. The normalized spacial score (nSPS) is 19.4. The molecule has 1 aromatic heterocycles. The van der Waals surface area contributed by atoms with Crippen molar-refractivity contribution in [3.05, 3.63) is 46.9 Å². The molecule has 0 aliphatic carbocycles. The third-order valence-electron chi connectivity index (χ3n) is 5.31. The number of aromatic nitrogens is 2. The van der Waals surface area contributed by atoms with Gasteiger partial charge in [-0.05, 0) is 36.6 Å². The largest absolute Gasteiger partial charge is 0.465 e. The number of anilines is 2. The smallest absolute Gasteiger partial charge is 0.451 e. The number of benzene rings is 1. The molecule has 3 heterocycles. The van der Waals surface area contributed by atoms with Crippen LogP contribution >= 0.6 is 0 Å². The zero-order valence-electron chi connectivity index (χ0n) is 15.7. The first-order chi connectivity index (χ1) is 13.7. The van der Waals surface area contributed by atoms with E-state index in [9.17, 15) is 23.1 Å². The van der Waals surface area contributed by atoms with Crippen LogP contribution in [-0.4, -0.2) is 57.1 Å². The minimum Gasteiger partial charge on any atom is -0.465 e. The number of amides is 1.